The molecule has 2 saturated heterocycles. The predicted molar refractivity (Wildman–Crippen MR) is 138 cm³/mol. The SMILES string of the molecule is CCc1[nH]c(C(=O)NC2CCN(c3nc4cccc(C(=O)O)c4s3)CC2NC2CCOCC2)nc1Cl. The molecule has 0 radical (unpaired) electrons. The summed E-state index contributed by atoms with van der Waals surface area (Å²) < 4.78 is 6.19. The second-order valence-electron chi connectivity index (χ2n) is 9.14. The molecule has 2 unspecified atom stereocenters. The van der Waals surface area contributed by atoms with Crippen molar-refractivity contribution in [1.82, 2.24) is 25.6 Å². The maximum atomic E-state index is 13.0. The fourth-order valence-corrected chi connectivity index (χ4v) is 6.21. The van der Waals surface area contributed by atoms with Crippen LogP contribution in [0.4, 0.5) is 5.13 Å². The number of hydrogen-bond donors (Lipinski definition) is 4. The number of fused-ring (bicyclic) bond motifs is 1. The summed E-state index contributed by atoms with van der Waals surface area (Å²) in [5.41, 5.74) is 1.68. The molecule has 0 aliphatic carbocycles. The van der Waals surface area contributed by atoms with Crippen molar-refractivity contribution in [2.24, 2.45) is 0 Å². The Balaban J connectivity index is 1.36. The molecule has 1 amide bonds. The molecule has 1 aromatic carbocycles. The molecule has 5 rings (SSSR count). The molecule has 2 atom stereocenters. The lowest BCUT2D eigenvalue weighted by molar-refractivity contribution is 0.0698. The van der Waals surface area contributed by atoms with Crippen LogP contribution in [0.2, 0.25) is 5.15 Å². The molecule has 4 heterocycles. The van der Waals surface area contributed by atoms with Crippen LogP contribution in [0.5, 0.6) is 0 Å². The average molecular weight is 533 g/mol. The molecule has 4 N–H and O–H groups in total. The predicted octanol–water partition coefficient (Wildman–Crippen LogP) is 3.08. The first kappa shape index (κ1) is 24.9. The smallest absolute Gasteiger partial charge is 0.337 e. The lowest BCUT2D eigenvalue weighted by Gasteiger charge is -2.41. The summed E-state index contributed by atoms with van der Waals surface area (Å²) in [6.45, 7) is 4.69. The van der Waals surface area contributed by atoms with E-state index in [9.17, 15) is 14.7 Å². The van der Waals surface area contributed by atoms with Gasteiger partial charge in [0.05, 0.1) is 21.5 Å². The van der Waals surface area contributed by atoms with Gasteiger partial charge in [-0.2, -0.15) is 0 Å². The van der Waals surface area contributed by atoms with Crippen molar-refractivity contribution in [2.75, 3.05) is 31.2 Å². The number of carboxylic acids is 1. The number of rotatable bonds is 7. The average Bonchev–Trinajstić information content (AvgIpc) is 3.49. The van der Waals surface area contributed by atoms with E-state index in [-0.39, 0.29) is 29.4 Å². The Morgan fingerprint density at radius 1 is 1.25 bits per heavy atom. The zero-order chi connectivity index (χ0) is 25.2. The molecule has 10 nitrogen and oxygen atoms in total. The number of amides is 1. The maximum absolute atomic E-state index is 13.0. The Kier molecular flexibility index (Phi) is 7.42. The number of imidazole rings is 1. The van der Waals surface area contributed by atoms with Crippen LogP contribution >= 0.6 is 22.9 Å². The van der Waals surface area contributed by atoms with Gasteiger partial charge in [-0.25, -0.2) is 14.8 Å². The van der Waals surface area contributed by atoms with E-state index in [2.05, 4.69) is 25.5 Å². The molecule has 2 aliphatic heterocycles. The van der Waals surface area contributed by atoms with Gasteiger partial charge in [0.15, 0.2) is 16.1 Å². The number of aryl methyl sites for hydroxylation is 1. The molecule has 36 heavy (non-hydrogen) atoms. The van der Waals surface area contributed by atoms with Crippen LogP contribution in [0.3, 0.4) is 0 Å². The minimum absolute atomic E-state index is 0.0344. The fraction of sp³-hybridized carbons (Fsp3) is 0.500. The van der Waals surface area contributed by atoms with E-state index in [0.717, 1.165) is 23.7 Å². The lowest BCUT2D eigenvalue weighted by atomic mass is 9.97. The number of anilines is 1. The van der Waals surface area contributed by atoms with E-state index in [1.807, 2.05) is 13.0 Å². The summed E-state index contributed by atoms with van der Waals surface area (Å²) in [5, 5.41) is 17.6. The minimum atomic E-state index is -0.958. The highest BCUT2D eigenvalue weighted by Crippen LogP contribution is 2.33. The van der Waals surface area contributed by atoms with Gasteiger partial charge in [-0.05, 0) is 37.8 Å². The Bertz CT molecular complexity index is 1260. The molecule has 0 bridgehead atoms. The highest BCUT2D eigenvalue weighted by atomic mass is 35.5. The van der Waals surface area contributed by atoms with E-state index in [1.54, 1.807) is 12.1 Å². The first-order chi connectivity index (χ1) is 17.4. The van der Waals surface area contributed by atoms with E-state index in [1.165, 1.54) is 11.3 Å². The summed E-state index contributed by atoms with van der Waals surface area (Å²) >= 11 is 7.54. The zero-order valence-electron chi connectivity index (χ0n) is 19.9. The van der Waals surface area contributed by atoms with Crippen molar-refractivity contribution in [1.29, 1.82) is 0 Å². The van der Waals surface area contributed by atoms with Gasteiger partial charge in [-0.15, -0.1) is 0 Å². The van der Waals surface area contributed by atoms with Crippen molar-refractivity contribution in [2.45, 2.75) is 50.7 Å². The Morgan fingerprint density at radius 3 is 2.78 bits per heavy atom. The van der Waals surface area contributed by atoms with Gasteiger partial charge in [0.1, 0.15) is 0 Å². The van der Waals surface area contributed by atoms with E-state index in [0.29, 0.717) is 60.6 Å². The topological polar surface area (TPSA) is 132 Å². The van der Waals surface area contributed by atoms with Crippen molar-refractivity contribution in [3.05, 3.63) is 40.4 Å². The first-order valence-corrected chi connectivity index (χ1v) is 13.4. The van der Waals surface area contributed by atoms with Crippen molar-refractivity contribution in [3.8, 4) is 0 Å². The number of nitrogens with one attached hydrogen (secondary N) is 3. The minimum Gasteiger partial charge on any atom is -0.478 e. The molecular formula is C24H29ClN6O4S. The van der Waals surface area contributed by atoms with Crippen LogP contribution in [0, 0.1) is 0 Å². The number of benzene rings is 1. The zero-order valence-corrected chi connectivity index (χ0v) is 21.5. The molecule has 192 valence electrons. The molecule has 12 heteroatoms. The van der Waals surface area contributed by atoms with Gasteiger partial charge in [0, 0.05) is 44.4 Å². The van der Waals surface area contributed by atoms with Crippen LogP contribution in [-0.2, 0) is 11.2 Å². The van der Waals surface area contributed by atoms with Crippen LogP contribution in [0.15, 0.2) is 18.2 Å². The van der Waals surface area contributed by atoms with Gasteiger partial charge in [-0.3, -0.25) is 4.79 Å². The standard InChI is InChI=1S/C24H29ClN6O4S/c1-2-15-20(25)30-21(27-15)22(32)28-16-6-9-31(12-18(16)26-13-7-10-35-11-8-13)24-29-17-5-3-4-14(23(33)34)19(17)36-24/h3-5,13,16,18,26H,2,6-12H2,1H3,(H,27,30)(H,28,32)(H,33,34). The third kappa shape index (κ3) is 5.19. The molecule has 2 aliphatic rings. The number of thiazole rings is 1. The lowest BCUT2D eigenvalue weighted by Crippen LogP contribution is -2.62. The monoisotopic (exact) mass is 532 g/mol. The second-order valence-corrected chi connectivity index (χ2v) is 10.5. The van der Waals surface area contributed by atoms with E-state index in [4.69, 9.17) is 21.3 Å². The highest BCUT2D eigenvalue weighted by molar-refractivity contribution is 7.22. The third-order valence-corrected chi connectivity index (χ3v) is 8.28. The Morgan fingerprint density at radius 2 is 2.06 bits per heavy atom. The van der Waals surface area contributed by atoms with E-state index >= 15 is 0 Å². The summed E-state index contributed by atoms with van der Waals surface area (Å²) in [5.74, 6) is -1.02. The molecule has 0 saturated carbocycles. The van der Waals surface area contributed by atoms with Gasteiger partial charge >= 0.3 is 5.97 Å². The number of H-pyrrole nitrogens is 1. The van der Waals surface area contributed by atoms with Crippen LogP contribution in [0.1, 0.15) is 52.9 Å². The number of aromatic amines is 1. The molecule has 0 spiro atoms. The third-order valence-electron chi connectivity index (χ3n) is 6.80. The maximum Gasteiger partial charge on any atom is 0.337 e. The number of carbonyl (C=O) groups excluding carboxylic acids is 1. The van der Waals surface area contributed by atoms with E-state index < -0.39 is 5.97 Å². The molecule has 2 aromatic heterocycles. The van der Waals surface area contributed by atoms with Crippen LogP contribution in [0.25, 0.3) is 10.2 Å². The Labute approximate surface area is 217 Å². The van der Waals surface area contributed by atoms with Crippen molar-refractivity contribution >= 4 is 50.2 Å². The number of carbonyl (C=O) groups is 2. The number of halogens is 1. The number of aromatic nitrogens is 3. The Hall–Kier alpha value is -2.73. The number of nitrogens with zero attached hydrogens (tertiary/aromatic N) is 3. The molecular weight excluding hydrogens is 504 g/mol. The number of piperidine rings is 1. The van der Waals surface area contributed by atoms with Crippen LogP contribution < -0.4 is 15.5 Å². The molecule has 3 aromatic rings. The number of aromatic carboxylic acids is 1. The normalized spacial score (nSPS) is 21.1. The quantitative estimate of drug-likeness (QED) is 0.365. The molecule has 2 fully saturated rings. The summed E-state index contributed by atoms with van der Waals surface area (Å²) in [7, 11) is 0. The van der Waals surface area contributed by atoms with Gasteiger partial charge < -0.3 is 30.4 Å². The second kappa shape index (κ2) is 10.7. The highest BCUT2D eigenvalue weighted by Gasteiger charge is 2.34. The van der Waals surface area contributed by atoms with Crippen LogP contribution in [-0.4, -0.2) is 76.4 Å². The fourth-order valence-electron chi connectivity index (χ4n) is 4.84. The number of hydrogen-bond acceptors (Lipinski definition) is 8. The van der Waals surface area contributed by atoms with Gasteiger partial charge in [0.25, 0.3) is 5.91 Å². The number of ether oxygens (including phenoxy) is 1. The summed E-state index contributed by atoms with van der Waals surface area (Å²) in [4.78, 5) is 38.8. The van der Waals surface area contributed by atoms with Gasteiger partial charge in [-0.1, -0.05) is 35.9 Å². The summed E-state index contributed by atoms with van der Waals surface area (Å²) in [6, 6.07) is 5.31. The van der Waals surface area contributed by atoms with Crippen molar-refractivity contribution in [3.63, 3.8) is 0 Å². The number of carboxylic acid groups (broad SMARTS) is 1. The van der Waals surface area contributed by atoms with Gasteiger partial charge in [0.2, 0.25) is 0 Å². The summed E-state index contributed by atoms with van der Waals surface area (Å²) in [6.07, 6.45) is 3.18. The van der Waals surface area contributed by atoms with Crippen molar-refractivity contribution < 1.29 is 19.4 Å². The largest absolute Gasteiger partial charge is 0.478 e. The first-order valence-electron chi connectivity index (χ1n) is 12.2.